The molecule has 0 atom stereocenters. The highest BCUT2D eigenvalue weighted by molar-refractivity contribution is 7.89. The van der Waals surface area contributed by atoms with Crippen LogP contribution in [0.1, 0.15) is 13.3 Å². The zero-order valence-electron chi connectivity index (χ0n) is 7.87. The number of hydrogen-bond acceptors (Lipinski definition) is 2. The second kappa shape index (κ2) is 6.40. The van der Waals surface area contributed by atoms with Crippen molar-refractivity contribution in [2.75, 3.05) is 24.7 Å². The van der Waals surface area contributed by atoms with Crippen LogP contribution in [0, 0.1) is 0 Å². The quantitative estimate of drug-likeness (QED) is 0.486. The fourth-order valence-electron chi connectivity index (χ4n) is 0.964. The number of alkyl halides is 1. The molecule has 78 valence electrons. The minimum absolute atomic E-state index is 0.00238. The normalized spacial score (nSPS) is 11.9. The van der Waals surface area contributed by atoms with Crippen molar-refractivity contribution < 1.29 is 8.42 Å². The Balaban J connectivity index is 4.41. The van der Waals surface area contributed by atoms with Crippen LogP contribution in [0.5, 0.6) is 0 Å². The molecule has 0 unspecified atom stereocenters. The molecule has 0 aromatic carbocycles. The molecule has 0 aliphatic rings. The van der Waals surface area contributed by atoms with Crippen molar-refractivity contribution in [1.82, 2.24) is 4.31 Å². The number of sulfonamides is 1. The maximum absolute atomic E-state index is 11.5. The molecule has 0 bridgehead atoms. The Kier molecular flexibility index (Phi) is 6.37. The Morgan fingerprint density at radius 1 is 1.54 bits per heavy atom. The summed E-state index contributed by atoms with van der Waals surface area (Å²) < 4.78 is 24.4. The maximum Gasteiger partial charge on any atom is 0.215 e. The summed E-state index contributed by atoms with van der Waals surface area (Å²) in [6.45, 7) is 6.36. The lowest BCUT2D eigenvalue weighted by Crippen LogP contribution is -2.34. The zero-order valence-corrected chi connectivity index (χ0v) is 9.44. The first-order valence-electron chi connectivity index (χ1n) is 4.23. The molecule has 5 heteroatoms. The summed E-state index contributed by atoms with van der Waals surface area (Å²) in [5.41, 5.74) is 0. The Hall–Kier alpha value is -0.0600. The van der Waals surface area contributed by atoms with Crippen LogP contribution in [0.2, 0.25) is 0 Å². The third-order valence-corrected chi connectivity index (χ3v) is 3.79. The number of halogens is 1. The van der Waals surface area contributed by atoms with Crippen LogP contribution >= 0.6 is 11.6 Å². The molecule has 0 amide bonds. The Labute approximate surface area is 85.4 Å². The molecule has 0 radical (unpaired) electrons. The van der Waals surface area contributed by atoms with Gasteiger partial charge in [0.05, 0.1) is 5.75 Å². The summed E-state index contributed by atoms with van der Waals surface area (Å²) in [6, 6.07) is 0. The molecule has 0 saturated heterocycles. The van der Waals surface area contributed by atoms with Crippen LogP contribution in [0.15, 0.2) is 12.7 Å². The van der Waals surface area contributed by atoms with Gasteiger partial charge in [0, 0.05) is 19.0 Å². The Morgan fingerprint density at radius 2 is 2.15 bits per heavy atom. The lowest BCUT2D eigenvalue weighted by Gasteiger charge is -2.18. The van der Waals surface area contributed by atoms with Crippen LogP contribution in [0.3, 0.4) is 0 Å². The fourth-order valence-corrected chi connectivity index (χ4v) is 2.80. The van der Waals surface area contributed by atoms with E-state index in [1.54, 1.807) is 6.08 Å². The van der Waals surface area contributed by atoms with Gasteiger partial charge >= 0.3 is 0 Å². The van der Waals surface area contributed by atoms with E-state index < -0.39 is 10.0 Å². The summed E-state index contributed by atoms with van der Waals surface area (Å²) in [4.78, 5) is 0. The molecule has 0 heterocycles. The molecule has 0 fully saturated rings. The molecular formula is C8H16ClNO2S. The first-order valence-corrected chi connectivity index (χ1v) is 6.37. The van der Waals surface area contributed by atoms with Crippen LogP contribution < -0.4 is 0 Å². The molecule has 0 saturated carbocycles. The highest BCUT2D eigenvalue weighted by Gasteiger charge is 2.18. The van der Waals surface area contributed by atoms with Crippen molar-refractivity contribution in [3.05, 3.63) is 12.7 Å². The SMILES string of the molecule is C=CCN(CCC)S(=O)(=O)CCCl. The average molecular weight is 226 g/mol. The van der Waals surface area contributed by atoms with E-state index in [2.05, 4.69) is 6.58 Å². The molecular weight excluding hydrogens is 210 g/mol. The Morgan fingerprint density at radius 3 is 2.54 bits per heavy atom. The van der Waals surface area contributed by atoms with Gasteiger partial charge in [0.25, 0.3) is 0 Å². The van der Waals surface area contributed by atoms with Gasteiger partial charge in [-0.05, 0) is 6.42 Å². The first kappa shape index (κ1) is 12.9. The second-order valence-corrected chi connectivity index (χ2v) is 5.12. The average Bonchev–Trinajstić information content (AvgIpc) is 2.04. The first-order chi connectivity index (χ1) is 6.08. The minimum Gasteiger partial charge on any atom is -0.212 e. The third kappa shape index (κ3) is 4.64. The molecule has 13 heavy (non-hydrogen) atoms. The zero-order chi connectivity index (χ0) is 10.3. The van der Waals surface area contributed by atoms with Crippen LogP contribution in [0.25, 0.3) is 0 Å². The molecule has 0 rings (SSSR count). The van der Waals surface area contributed by atoms with E-state index in [9.17, 15) is 8.42 Å². The number of hydrogen-bond donors (Lipinski definition) is 0. The minimum atomic E-state index is -3.17. The van der Waals surface area contributed by atoms with E-state index in [-0.39, 0.29) is 11.6 Å². The van der Waals surface area contributed by atoms with E-state index >= 15 is 0 Å². The van der Waals surface area contributed by atoms with Gasteiger partial charge in [-0.15, -0.1) is 18.2 Å². The molecule has 0 aliphatic heterocycles. The van der Waals surface area contributed by atoms with Crippen LogP contribution in [-0.2, 0) is 10.0 Å². The van der Waals surface area contributed by atoms with Crippen LogP contribution in [-0.4, -0.2) is 37.4 Å². The largest absolute Gasteiger partial charge is 0.215 e. The smallest absolute Gasteiger partial charge is 0.212 e. The fraction of sp³-hybridized carbons (Fsp3) is 0.750. The highest BCUT2D eigenvalue weighted by Crippen LogP contribution is 2.03. The van der Waals surface area contributed by atoms with Crippen LogP contribution in [0.4, 0.5) is 0 Å². The second-order valence-electron chi connectivity index (χ2n) is 2.65. The summed E-state index contributed by atoms with van der Waals surface area (Å²) in [7, 11) is -3.17. The molecule has 3 nitrogen and oxygen atoms in total. The van der Waals surface area contributed by atoms with Gasteiger partial charge in [0.2, 0.25) is 10.0 Å². The molecule has 0 aliphatic carbocycles. The topological polar surface area (TPSA) is 37.4 Å². The predicted octanol–water partition coefficient (Wildman–Crippen LogP) is 1.45. The van der Waals surface area contributed by atoms with Crippen molar-refractivity contribution in [2.24, 2.45) is 0 Å². The standard InChI is InChI=1S/C8H16ClNO2S/c1-3-6-10(7-4-2)13(11,12)8-5-9/h3H,1,4-8H2,2H3. The predicted molar refractivity (Wildman–Crippen MR) is 56.6 cm³/mol. The lowest BCUT2D eigenvalue weighted by molar-refractivity contribution is 0.442. The van der Waals surface area contributed by atoms with Gasteiger partial charge in [-0.2, -0.15) is 4.31 Å². The van der Waals surface area contributed by atoms with E-state index in [1.165, 1.54) is 4.31 Å². The van der Waals surface area contributed by atoms with Crippen molar-refractivity contribution >= 4 is 21.6 Å². The number of nitrogens with zero attached hydrogens (tertiary/aromatic N) is 1. The van der Waals surface area contributed by atoms with Gasteiger partial charge in [-0.25, -0.2) is 8.42 Å². The molecule has 0 N–H and O–H groups in total. The summed E-state index contributed by atoms with van der Waals surface area (Å²) >= 11 is 5.40. The van der Waals surface area contributed by atoms with Gasteiger partial charge < -0.3 is 0 Å². The molecule has 0 aromatic rings. The maximum atomic E-state index is 11.5. The van der Waals surface area contributed by atoms with Gasteiger partial charge in [0.15, 0.2) is 0 Å². The van der Waals surface area contributed by atoms with Crippen molar-refractivity contribution in [3.8, 4) is 0 Å². The summed E-state index contributed by atoms with van der Waals surface area (Å²) in [5.74, 6) is 0.141. The third-order valence-electron chi connectivity index (χ3n) is 1.53. The number of rotatable bonds is 7. The highest BCUT2D eigenvalue weighted by atomic mass is 35.5. The summed E-state index contributed by atoms with van der Waals surface area (Å²) in [6.07, 6.45) is 2.39. The van der Waals surface area contributed by atoms with Crippen molar-refractivity contribution in [2.45, 2.75) is 13.3 Å². The Bertz CT molecular complexity index is 239. The van der Waals surface area contributed by atoms with Crippen molar-refractivity contribution in [1.29, 1.82) is 0 Å². The van der Waals surface area contributed by atoms with E-state index in [0.717, 1.165) is 6.42 Å². The van der Waals surface area contributed by atoms with E-state index in [0.29, 0.717) is 13.1 Å². The molecule has 0 aromatic heterocycles. The van der Waals surface area contributed by atoms with Gasteiger partial charge in [-0.1, -0.05) is 13.0 Å². The van der Waals surface area contributed by atoms with Crippen molar-refractivity contribution in [3.63, 3.8) is 0 Å². The van der Waals surface area contributed by atoms with Gasteiger partial charge in [0.1, 0.15) is 0 Å². The monoisotopic (exact) mass is 225 g/mol. The summed E-state index contributed by atoms with van der Waals surface area (Å²) in [5, 5.41) is 0. The lowest BCUT2D eigenvalue weighted by atomic mass is 10.5. The van der Waals surface area contributed by atoms with E-state index in [4.69, 9.17) is 11.6 Å². The van der Waals surface area contributed by atoms with Gasteiger partial charge in [-0.3, -0.25) is 0 Å². The molecule has 0 spiro atoms. The van der Waals surface area contributed by atoms with E-state index in [1.807, 2.05) is 6.92 Å².